The first-order chi connectivity index (χ1) is 14.0. The maximum Gasteiger partial charge on any atom is -0.0146 e. The topological polar surface area (TPSA) is 0 Å². The van der Waals surface area contributed by atoms with Crippen molar-refractivity contribution in [3.8, 4) is 0 Å². The van der Waals surface area contributed by atoms with E-state index in [0.717, 1.165) is 35.5 Å². The highest BCUT2D eigenvalue weighted by Crippen LogP contribution is 2.73. The van der Waals surface area contributed by atoms with E-state index in [-0.39, 0.29) is 0 Å². The van der Waals surface area contributed by atoms with E-state index in [9.17, 15) is 0 Å². The monoisotopic (exact) mass is 412 g/mol. The minimum atomic E-state index is 0.581. The highest BCUT2D eigenvalue weighted by atomic mass is 14.7. The molecule has 3 fully saturated rings. The molecule has 4 aliphatic rings. The van der Waals surface area contributed by atoms with Crippen LogP contribution in [0.5, 0.6) is 0 Å². The van der Waals surface area contributed by atoms with E-state index in [2.05, 4.69) is 55.4 Å². The maximum atomic E-state index is 2.77. The Hall–Kier alpha value is -0.260. The first-order valence-electron chi connectivity index (χ1n) is 13.7. The summed E-state index contributed by atoms with van der Waals surface area (Å²) in [6, 6.07) is 0. The lowest BCUT2D eigenvalue weighted by Crippen LogP contribution is -2.57. The second kappa shape index (κ2) is 7.95. The molecular formula is C30H52. The lowest BCUT2D eigenvalue weighted by molar-refractivity contribution is -0.146. The van der Waals surface area contributed by atoms with Gasteiger partial charge < -0.3 is 0 Å². The Kier molecular flexibility index (Phi) is 6.07. The van der Waals surface area contributed by atoms with E-state index in [4.69, 9.17) is 0 Å². The molecule has 0 aliphatic heterocycles. The summed E-state index contributed by atoms with van der Waals surface area (Å²) in [5.41, 5.74) is 5.26. The summed E-state index contributed by atoms with van der Waals surface area (Å²) in [5, 5.41) is 0. The summed E-state index contributed by atoms with van der Waals surface area (Å²) < 4.78 is 0. The van der Waals surface area contributed by atoms with Crippen molar-refractivity contribution in [2.24, 2.45) is 51.8 Å². The molecule has 0 heterocycles. The third kappa shape index (κ3) is 3.28. The van der Waals surface area contributed by atoms with Crippen LogP contribution in [0.2, 0.25) is 0 Å². The number of rotatable bonds is 5. The number of hydrogen-bond acceptors (Lipinski definition) is 0. The Morgan fingerprint density at radius 2 is 1.50 bits per heavy atom. The van der Waals surface area contributed by atoms with Crippen molar-refractivity contribution in [2.45, 2.75) is 126 Å². The Labute approximate surface area is 189 Å². The van der Waals surface area contributed by atoms with Gasteiger partial charge in [-0.25, -0.2) is 0 Å². The zero-order valence-electron chi connectivity index (χ0n) is 21.7. The van der Waals surface area contributed by atoms with Gasteiger partial charge in [-0.2, -0.15) is 0 Å². The molecule has 0 aromatic carbocycles. The molecule has 0 unspecified atom stereocenters. The van der Waals surface area contributed by atoms with Crippen LogP contribution in [0.3, 0.4) is 0 Å². The van der Waals surface area contributed by atoms with Gasteiger partial charge in [-0.1, -0.05) is 72.0 Å². The van der Waals surface area contributed by atoms with Crippen molar-refractivity contribution in [2.75, 3.05) is 0 Å². The van der Waals surface area contributed by atoms with Crippen LogP contribution in [0.15, 0.2) is 11.1 Å². The van der Waals surface area contributed by atoms with E-state index in [1.54, 1.807) is 11.1 Å². The Morgan fingerprint density at radius 3 is 2.20 bits per heavy atom. The SMILES string of the molecule is CC1=C(C)[C@@H]2CC[C@@H]3[C@H](CC[C@]4(C)[C@@H]([C@H](C)CCCC(C)C)CC[C@@]34C)[C@@]2(C)CC1. The molecule has 30 heavy (non-hydrogen) atoms. The Balaban J connectivity index is 1.55. The lowest BCUT2D eigenvalue weighted by atomic mass is 9.40. The average molecular weight is 413 g/mol. The van der Waals surface area contributed by atoms with E-state index >= 15 is 0 Å². The van der Waals surface area contributed by atoms with Gasteiger partial charge in [-0.3, -0.25) is 0 Å². The summed E-state index contributed by atoms with van der Waals surface area (Å²) in [4.78, 5) is 0. The number of fused-ring (bicyclic) bond motifs is 5. The van der Waals surface area contributed by atoms with Gasteiger partial charge in [-0.05, 0) is 117 Å². The van der Waals surface area contributed by atoms with Crippen LogP contribution in [-0.2, 0) is 0 Å². The van der Waals surface area contributed by atoms with Crippen LogP contribution in [-0.4, -0.2) is 0 Å². The minimum absolute atomic E-state index is 0.581. The predicted octanol–water partition coefficient (Wildman–Crippen LogP) is 9.44. The van der Waals surface area contributed by atoms with Crippen LogP contribution >= 0.6 is 0 Å². The molecule has 3 saturated carbocycles. The van der Waals surface area contributed by atoms with Crippen LogP contribution in [0.1, 0.15) is 126 Å². The summed E-state index contributed by atoms with van der Waals surface area (Å²) in [7, 11) is 0. The molecule has 0 bridgehead atoms. The Bertz CT molecular complexity index is 670. The first kappa shape index (κ1) is 22.9. The molecule has 0 saturated heterocycles. The summed E-state index contributed by atoms with van der Waals surface area (Å²) in [6.07, 6.45) is 16.2. The zero-order valence-corrected chi connectivity index (χ0v) is 21.7. The normalized spacial score (nSPS) is 47.1. The molecule has 0 nitrogen and oxygen atoms in total. The summed E-state index contributed by atoms with van der Waals surface area (Å²) in [5.74, 6) is 5.60. The van der Waals surface area contributed by atoms with Crippen molar-refractivity contribution in [3.63, 3.8) is 0 Å². The maximum absolute atomic E-state index is 2.77. The standard InChI is InChI=1S/C30H52/c1-20(2)10-9-11-22(4)24-15-18-30(8)27-13-12-25-23(5)21(3)14-17-28(25,6)26(27)16-19-29(24,30)7/h20,22,24-27H,9-19H2,1-8H3/t22-,24-,25+,26+,27-,28+,29-,30+/m1/s1. The van der Waals surface area contributed by atoms with Crippen LogP contribution in [0.4, 0.5) is 0 Å². The molecule has 4 rings (SSSR count). The molecule has 0 N–H and O–H groups in total. The third-order valence-electron chi connectivity index (χ3n) is 12.1. The van der Waals surface area contributed by atoms with Crippen LogP contribution in [0, 0.1) is 51.8 Å². The minimum Gasteiger partial charge on any atom is -0.0741 e. The Morgan fingerprint density at radius 1 is 0.800 bits per heavy atom. The van der Waals surface area contributed by atoms with Gasteiger partial charge in [-0.15, -0.1) is 0 Å². The summed E-state index contributed by atoms with van der Waals surface area (Å²) >= 11 is 0. The highest BCUT2D eigenvalue weighted by Gasteiger charge is 2.65. The fraction of sp³-hybridized carbons (Fsp3) is 0.933. The highest BCUT2D eigenvalue weighted by molar-refractivity contribution is 5.24. The van der Waals surface area contributed by atoms with Crippen molar-refractivity contribution < 1.29 is 0 Å². The average Bonchev–Trinajstić information content (AvgIpc) is 2.96. The smallest absolute Gasteiger partial charge is 0.0146 e. The van der Waals surface area contributed by atoms with E-state index in [1.165, 1.54) is 70.6 Å². The van der Waals surface area contributed by atoms with Gasteiger partial charge in [0.2, 0.25) is 0 Å². The third-order valence-corrected chi connectivity index (χ3v) is 12.1. The fourth-order valence-electron chi connectivity index (χ4n) is 9.89. The van der Waals surface area contributed by atoms with Gasteiger partial charge in [0.1, 0.15) is 0 Å². The van der Waals surface area contributed by atoms with E-state index < -0.39 is 0 Å². The number of hydrogen-bond donors (Lipinski definition) is 0. The molecule has 0 radical (unpaired) electrons. The van der Waals surface area contributed by atoms with E-state index in [0.29, 0.717) is 16.2 Å². The lowest BCUT2D eigenvalue weighted by Gasteiger charge is -2.65. The molecule has 0 heteroatoms. The van der Waals surface area contributed by atoms with Gasteiger partial charge in [0, 0.05) is 0 Å². The molecule has 4 aliphatic carbocycles. The molecular weight excluding hydrogens is 360 g/mol. The van der Waals surface area contributed by atoms with E-state index in [1.807, 2.05) is 0 Å². The largest absolute Gasteiger partial charge is 0.0741 e. The van der Waals surface area contributed by atoms with Crippen molar-refractivity contribution in [3.05, 3.63) is 11.1 Å². The molecule has 0 spiro atoms. The fourth-order valence-corrected chi connectivity index (χ4v) is 9.89. The zero-order chi connectivity index (χ0) is 21.9. The summed E-state index contributed by atoms with van der Waals surface area (Å²) in [6.45, 7) is 20.5. The molecule has 8 atom stereocenters. The first-order valence-corrected chi connectivity index (χ1v) is 13.7. The quantitative estimate of drug-likeness (QED) is 0.394. The van der Waals surface area contributed by atoms with Gasteiger partial charge >= 0.3 is 0 Å². The van der Waals surface area contributed by atoms with Gasteiger partial charge in [0.15, 0.2) is 0 Å². The second-order valence-corrected chi connectivity index (χ2v) is 13.6. The van der Waals surface area contributed by atoms with Crippen molar-refractivity contribution >= 4 is 0 Å². The van der Waals surface area contributed by atoms with Gasteiger partial charge in [0.05, 0.1) is 0 Å². The molecule has 172 valence electrons. The number of allylic oxidation sites excluding steroid dienone is 2. The molecule has 0 aromatic heterocycles. The predicted molar refractivity (Wildman–Crippen MR) is 131 cm³/mol. The van der Waals surface area contributed by atoms with Crippen molar-refractivity contribution in [1.29, 1.82) is 0 Å². The second-order valence-electron chi connectivity index (χ2n) is 13.6. The van der Waals surface area contributed by atoms with Crippen LogP contribution < -0.4 is 0 Å². The molecule has 0 aromatic rings. The van der Waals surface area contributed by atoms with Crippen LogP contribution in [0.25, 0.3) is 0 Å². The van der Waals surface area contributed by atoms with Crippen molar-refractivity contribution in [1.82, 2.24) is 0 Å². The van der Waals surface area contributed by atoms with Gasteiger partial charge in [0.25, 0.3) is 0 Å². The molecule has 0 amide bonds.